The summed E-state index contributed by atoms with van der Waals surface area (Å²) in [5, 5.41) is 0. The molecular weight excluding hydrogens is 1000 g/mol. The Morgan fingerprint density at radius 1 is 0.398 bits per heavy atom. The summed E-state index contributed by atoms with van der Waals surface area (Å²) in [7, 11) is 0. The summed E-state index contributed by atoms with van der Waals surface area (Å²) in [5.41, 5.74) is 31.8. The summed E-state index contributed by atoms with van der Waals surface area (Å²) in [6.45, 7) is 48.0. The maximum Gasteiger partial charge on any atom is 0.252 e. The Morgan fingerprint density at radius 3 is 1.51 bits per heavy atom. The van der Waals surface area contributed by atoms with Crippen molar-refractivity contribution >= 4 is 74.3 Å². The van der Waals surface area contributed by atoms with E-state index in [-0.39, 0.29) is 50.0 Å². The van der Waals surface area contributed by atoms with E-state index in [1.165, 1.54) is 130 Å². The van der Waals surface area contributed by atoms with Gasteiger partial charge in [0.1, 0.15) is 0 Å². The molecule has 0 saturated heterocycles. The molecule has 2 aliphatic heterocycles. The second-order valence-electron chi connectivity index (χ2n) is 32.2. The van der Waals surface area contributed by atoms with Crippen LogP contribution in [0.2, 0.25) is 0 Å². The molecule has 3 aliphatic carbocycles. The van der Waals surface area contributed by atoms with Crippen molar-refractivity contribution in [3.05, 3.63) is 201 Å². The van der Waals surface area contributed by atoms with Crippen LogP contribution in [0.25, 0.3) is 11.1 Å². The van der Waals surface area contributed by atoms with Crippen LogP contribution >= 0.6 is 0 Å². The molecule has 8 aromatic carbocycles. The summed E-state index contributed by atoms with van der Waals surface area (Å²) < 4.78 is 0. The molecule has 8 aromatic rings. The van der Waals surface area contributed by atoms with Crippen LogP contribution in [0.5, 0.6) is 0 Å². The molecule has 0 bridgehead atoms. The molecule has 83 heavy (non-hydrogen) atoms. The minimum absolute atomic E-state index is 0.00745. The van der Waals surface area contributed by atoms with Gasteiger partial charge in [0.15, 0.2) is 0 Å². The van der Waals surface area contributed by atoms with Crippen LogP contribution in [0.3, 0.4) is 0 Å². The highest BCUT2D eigenvalue weighted by Gasteiger charge is 2.50. The maximum absolute atomic E-state index is 2.73. The van der Waals surface area contributed by atoms with E-state index in [0.29, 0.717) is 0 Å². The highest BCUT2D eigenvalue weighted by Crippen LogP contribution is 2.58. The maximum atomic E-state index is 2.73. The van der Waals surface area contributed by atoms with E-state index in [2.05, 4.69) is 299 Å². The fourth-order valence-electron chi connectivity index (χ4n) is 16.1. The number of hydrogen-bond donors (Lipinski definition) is 0. The normalized spacial score (nSPS) is 18.1. The van der Waals surface area contributed by atoms with Crippen LogP contribution in [0, 0.1) is 6.92 Å². The largest absolute Gasteiger partial charge is 0.311 e. The van der Waals surface area contributed by atoms with Crippen LogP contribution in [0.4, 0.5) is 51.2 Å². The van der Waals surface area contributed by atoms with Crippen molar-refractivity contribution in [2.45, 2.75) is 201 Å². The molecule has 0 unspecified atom stereocenters. The van der Waals surface area contributed by atoms with Crippen LogP contribution in [0.1, 0.15) is 206 Å². The molecule has 0 fully saturated rings. The van der Waals surface area contributed by atoms with Crippen molar-refractivity contribution in [2.24, 2.45) is 0 Å². The predicted octanol–water partition coefficient (Wildman–Crippen LogP) is 20.1. The summed E-state index contributed by atoms with van der Waals surface area (Å²) >= 11 is 0. The van der Waals surface area contributed by atoms with Crippen molar-refractivity contribution < 1.29 is 0 Å². The van der Waals surface area contributed by atoms with Gasteiger partial charge in [-0.15, -0.1) is 0 Å². The van der Waals surface area contributed by atoms with E-state index in [9.17, 15) is 0 Å². The van der Waals surface area contributed by atoms with Crippen molar-refractivity contribution in [2.75, 3.05) is 14.7 Å². The van der Waals surface area contributed by atoms with Gasteiger partial charge in [0.25, 0.3) is 6.71 Å². The number of hydrogen-bond acceptors (Lipinski definition) is 3. The summed E-state index contributed by atoms with van der Waals surface area (Å²) in [4.78, 5) is 7.94. The minimum atomic E-state index is -0.294. The highest BCUT2D eigenvalue weighted by molar-refractivity contribution is 7.00. The molecule has 0 aromatic heterocycles. The Labute approximate surface area is 499 Å². The molecular formula is C79H90BN3. The van der Waals surface area contributed by atoms with Gasteiger partial charge < -0.3 is 14.7 Å². The number of rotatable bonds is 5. The SMILES string of the molecule is Cc1cc2c3c(c1)N(c1cccc4c1C(C)(C)c1cc(C(C)(C)C)ccc1-4)c1cc(N(c4ccc(C(C)(C)C)cc4)c4ccc(C(C)(C)C)cc4)ccc1B3c1cc3c(cc1N2c1ccc2c(c1)C(C)(C)CCC2(C)C)C(C)(C)CC3(C)C. The smallest absolute Gasteiger partial charge is 0.252 e. The monoisotopic (exact) mass is 1090 g/mol. The molecule has 424 valence electrons. The quantitative estimate of drug-likeness (QED) is 0.159. The van der Waals surface area contributed by atoms with Gasteiger partial charge in [-0.2, -0.15) is 0 Å². The first kappa shape index (κ1) is 55.4. The van der Waals surface area contributed by atoms with Crippen molar-refractivity contribution in [1.29, 1.82) is 0 Å². The molecule has 2 heterocycles. The molecule has 13 rings (SSSR count). The lowest BCUT2D eigenvalue weighted by Crippen LogP contribution is -2.61. The van der Waals surface area contributed by atoms with E-state index in [4.69, 9.17) is 0 Å². The molecule has 0 atom stereocenters. The van der Waals surface area contributed by atoms with E-state index in [1.807, 2.05) is 0 Å². The third-order valence-corrected chi connectivity index (χ3v) is 20.8. The topological polar surface area (TPSA) is 9.72 Å². The molecule has 0 spiro atoms. The van der Waals surface area contributed by atoms with Crippen molar-refractivity contribution in [3.8, 4) is 11.1 Å². The average molecular weight is 1090 g/mol. The zero-order valence-electron chi connectivity index (χ0n) is 53.9. The summed E-state index contributed by atoms with van der Waals surface area (Å²) in [5.74, 6) is 0. The van der Waals surface area contributed by atoms with Crippen LogP contribution in [-0.2, 0) is 43.3 Å². The Bertz CT molecular complexity index is 3930. The molecule has 0 N–H and O–H groups in total. The Balaban J connectivity index is 1.12. The lowest BCUT2D eigenvalue weighted by molar-refractivity contribution is 0.332. The van der Waals surface area contributed by atoms with E-state index >= 15 is 0 Å². The summed E-state index contributed by atoms with van der Waals surface area (Å²) in [6.07, 6.45) is 3.46. The van der Waals surface area contributed by atoms with Gasteiger partial charge in [0.2, 0.25) is 0 Å². The molecule has 4 heteroatoms. The third kappa shape index (κ3) is 8.55. The highest BCUT2D eigenvalue weighted by atomic mass is 15.2. The standard InChI is InChI=1S/C79H90BN3/c1-48-40-68-71-69(41-48)83(65-23-21-22-57-56-35-28-51(74(8,9)10)42-59(56)79(19,20)70(57)65)66-44-55(81(52-29-24-49(25-30-52)72(2,3)4)53-31-26-50(27-32-53)73(5,6)7)34-37-63(66)80(71)64-45-61-62(78(17,18)47-77(61,15)16)46-67(64)82(68)54-33-36-58-60(43-54)76(13,14)39-38-75(58,11)12/h21-37,40-46H,38-39,47H2,1-20H3. The number of aryl methyl sites for hydroxylation is 1. The van der Waals surface area contributed by atoms with Gasteiger partial charge in [-0.1, -0.05) is 204 Å². The van der Waals surface area contributed by atoms with Crippen LogP contribution < -0.4 is 31.1 Å². The lowest BCUT2D eigenvalue weighted by Gasteiger charge is -2.46. The lowest BCUT2D eigenvalue weighted by atomic mass is 9.33. The second-order valence-corrected chi connectivity index (χ2v) is 32.2. The zero-order chi connectivity index (χ0) is 59.3. The molecule has 0 amide bonds. The van der Waals surface area contributed by atoms with Gasteiger partial charge in [0.05, 0.1) is 5.69 Å². The fraction of sp³-hybridized carbons (Fsp3) is 0.392. The van der Waals surface area contributed by atoms with Gasteiger partial charge >= 0.3 is 0 Å². The van der Waals surface area contributed by atoms with Crippen LogP contribution in [-0.4, -0.2) is 6.71 Å². The Hall–Kier alpha value is -6.78. The average Bonchev–Trinajstić information content (AvgIpc) is 2.29. The number of fused-ring (bicyclic) bond motifs is 9. The van der Waals surface area contributed by atoms with Gasteiger partial charge in [-0.3, -0.25) is 0 Å². The Morgan fingerprint density at radius 2 is 0.916 bits per heavy atom. The van der Waals surface area contributed by atoms with E-state index in [0.717, 1.165) is 23.5 Å². The third-order valence-electron chi connectivity index (χ3n) is 20.8. The first-order valence-electron chi connectivity index (χ1n) is 31.2. The molecule has 5 aliphatic rings. The first-order valence-corrected chi connectivity index (χ1v) is 31.2. The molecule has 3 nitrogen and oxygen atoms in total. The van der Waals surface area contributed by atoms with Gasteiger partial charge in [0, 0.05) is 50.9 Å². The molecule has 0 radical (unpaired) electrons. The van der Waals surface area contributed by atoms with Crippen molar-refractivity contribution in [3.63, 3.8) is 0 Å². The van der Waals surface area contributed by atoms with E-state index < -0.39 is 0 Å². The zero-order valence-corrected chi connectivity index (χ0v) is 53.9. The van der Waals surface area contributed by atoms with Crippen LogP contribution in [0.15, 0.2) is 146 Å². The van der Waals surface area contributed by atoms with Gasteiger partial charge in [-0.25, -0.2) is 0 Å². The Kier molecular flexibility index (Phi) is 11.9. The fourth-order valence-corrected chi connectivity index (χ4v) is 16.1. The summed E-state index contributed by atoms with van der Waals surface area (Å²) in [6, 6.07) is 58.7. The van der Waals surface area contributed by atoms with Gasteiger partial charge in [-0.05, 0) is 220 Å². The minimum Gasteiger partial charge on any atom is -0.311 e. The number of anilines is 9. The predicted molar refractivity (Wildman–Crippen MR) is 360 cm³/mol. The second kappa shape index (κ2) is 17.9. The number of benzene rings is 8. The van der Waals surface area contributed by atoms with E-state index in [1.54, 1.807) is 0 Å². The first-order chi connectivity index (χ1) is 38.7. The number of nitrogens with zero attached hydrogens (tertiary/aromatic N) is 3. The van der Waals surface area contributed by atoms with Crippen molar-refractivity contribution in [1.82, 2.24) is 0 Å². The molecule has 0 saturated carbocycles.